The SMILES string of the molecule is CC(C)Nc1nnc(S[C@H](C)C(=O)Nc2cccc(Cl)c2Cl)s1. The van der Waals surface area contributed by atoms with Gasteiger partial charge in [-0.25, -0.2) is 0 Å². The van der Waals surface area contributed by atoms with Crippen LogP contribution in [0.5, 0.6) is 0 Å². The third kappa shape index (κ3) is 5.24. The van der Waals surface area contributed by atoms with E-state index in [0.717, 1.165) is 9.47 Å². The van der Waals surface area contributed by atoms with E-state index in [0.29, 0.717) is 15.7 Å². The van der Waals surface area contributed by atoms with Gasteiger partial charge in [-0.15, -0.1) is 10.2 Å². The van der Waals surface area contributed by atoms with Gasteiger partial charge in [-0.1, -0.05) is 52.4 Å². The van der Waals surface area contributed by atoms with Crippen LogP contribution in [0.3, 0.4) is 0 Å². The number of amides is 1. The smallest absolute Gasteiger partial charge is 0.237 e. The molecule has 0 radical (unpaired) electrons. The molecule has 0 aliphatic rings. The quantitative estimate of drug-likeness (QED) is 0.694. The highest BCUT2D eigenvalue weighted by Crippen LogP contribution is 2.32. The van der Waals surface area contributed by atoms with E-state index in [-0.39, 0.29) is 17.2 Å². The van der Waals surface area contributed by atoms with Crippen LogP contribution in [0.1, 0.15) is 20.8 Å². The predicted octanol–water partition coefficient (Wildman–Crippen LogP) is 4.78. The van der Waals surface area contributed by atoms with Crippen LogP contribution in [0.4, 0.5) is 10.8 Å². The van der Waals surface area contributed by atoms with E-state index in [9.17, 15) is 4.79 Å². The standard InChI is InChI=1S/C14H16Cl2N4OS2/c1-7(2)17-13-19-20-14(23-13)22-8(3)12(21)18-10-6-4-5-9(15)11(10)16/h4-8H,1-3H3,(H,17,19)(H,18,21)/t8-/m1/s1. The van der Waals surface area contributed by atoms with Gasteiger partial charge in [0.25, 0.3) is 0 Å². The fourth-order valence-corrected chi connectivity index (χ4v) is 3.99. The third-order valence-corrected chi connectivity index (χ3v) is 5.53. The average Bonchev–Trinajstić information content (AvgIpc) is 2.90. The molecule has 9 heteroatoms. The second-order valence-electron chi connectivity index (χ2n) is 5.02. The maximum atomic E-state index is 12.3. The predicted molar refractivity (Wildman–Crippen MR) is 99.1 cm³/mol. The molecule has 1 amide bonds. The summed E-state index contributed by atoms with van der Waals surface area (Å²) in [7, 11) is 0. The van der Waals surface area contributed by atoms with Crippen molar-refractivity contribution in [2.24, 2.45) is 0 Å². The summed E-state index contributed by atoms with van der Waals surface area (Å²) in [5.41, 5.74) is 0.496. The Labute approximate surface area is 153 Å². The van der Waals surface area contributed by atoms with E-state index >= 15 is 0 Å². The molecular weight excluding hydrogens is 375 g/mol. The van der Waals surface area contributed by atoms with Crippen molar-refractivity contribution >= 4 is 63.0 Å². The zero-order valence-electron chi connectivity index (χ0n) is 12.8. The summed E-state index contributed by atoms with van der Waals surface area (Å²) in [5.74, 6) is -0.173. The summed E-state index contributed by atoms with van der Waals surface area (Å²) >= 11 is 14.8. The number of thioether (sulfide) groups is 1. The van der Waals surface area contributed by atoms with E-state index < -0.39 is 0 Å². The molecule has 2 N–H and O–H groups in total. The maximum Gasteiger partial charge on any atom is 0.237 e. The van der Waals surface area contributed by atoms with Crippen molar-refractivity contribution in [3.63, 3.8) is 0 Å². The van der Waals surface area contributed by atoms with Gasteiger partial charge in [0, 0.05) is 6.04 Å². The molecule has 0 saturated heterocycles. The average molecular weight is 391 g/mol. The summed E-state index contributed by atoms with van der Waals surface area (Å²) in [6.45, 7) is 5.85. The molecule has 0 fully saturated rings. The molecule has 124 valence electrons. The van der Waals surface area contributed by atoms with Crippen LogP contribution < -0.4 is 10.6 Å². The lowest BCUT2D eigenvalue weighted by Crippen LogP contribution is -2.22. The van der Waals surface area contributed by atoms with Crippen LogP contribution in [-0.2, 0) is 4.79 Å². The first-order chi connectivity index (χ1) is 10.9. The molecule has 1 atom stereocenters. The number of anilines is 2. The zero-order chi connectivity index (χ0) is 17.0. The molecular formula is C14H16Cl2N4OS2. The molecule has 1 heterocycles. The van der Waals surface area contributed by atoms with Crippen molar-refractivity contribution in [2.75, 3.05) is 10.6 Å². The van der Waals surface area contributed by atoms with E-state index in [1.165, 1.54) is 23.1 Å². The number of nitrogens with one attached hydrogen (secondary N) is 2. The van der Waals surface area contributed by atoms with Crippen LogP contribution in [0.25, 0.3) is 0 Å². The third-order valence-electron chi connectivity index (χ3n) is 2.67. The lowest BCUT2D eigenvalue weighted by molar-refractivity contribution is -0.115. The van der Waals surface area contributed by atoms with Gasteiger partial charge in [-0.3, -0.25) is 4.79 Å². The first-order valence-corrected chi connectivity index (χ1v) is 9.33. The van der Waals surface area contributed by atoms with Crippen LogP contribution in [0.2, 0.25) is 10.0 Å². The van der Waals surface area contributed by atoms with Gasteiger partial charge in [0.15, 0.2) is 4.34 Å². The first kappa shape index (κ1) is 18.3. The summed E-state index contributed by atoms with van der Waals surface area (Å²) < 4.78 is 0.730. The molecule has 2 aromatic rings. The molecule has 0 spiro atoms. The maximum absolute atomic E-state index is 12.3. The van der Waals surface area contributed by atoms with Crippen molar-refractivity contribution in [1.29, 1.82) is 0 Å². The molecule has 5 nitrogen and oxygen atoms in total. The molecule has 1 aromatic heterocycles. The number of hydrogen-bond acceptors (Lipinski definition) is 6. The normalized spacial score (nSPS) is 12.3. The Hall–Kier alpha value is -1.02. The Morgan fingerprint density at radius 3 is 2.70 bits per heavy atom. The number of rotatable bonds is 6. The summed E-state index contributed by atoms with van der Waals surface area (Å²) in [6, 6.07) is 5.39. The molecule has 0 unspecified atom stereocenters. The highest BCUT2D eigenvalue weighted by Gasteiger charge is 2.18. The second kappa shape index (κ2) is 8.19. The molecule has 1 aromatic carbocycles. The Bertz CT molecular complexity index is 693. The Kier molecular flexibility index (Phi) is 6.52. The molecule has 0 bridgehead atoms. The van der Waals surface area contributed by atoms with E-state index in [2.05, 4.69) is 20.8 Å². The number of hydrogen-bond donors (Lipinski definition) is 2. The number of nitrogens with zero attached hydrogens (tertiary/aromatic N) is 2. The van der Waals surface area contributed by atoms with Gasteiger partial charge in [0.05, 0.1) is 21.0 Å². The van der Waals surface area contributed by atoms with Crippen molar-refractivity contribution < 1.29 is 4.79 Å². The Morgan fingerprint density at radius 2 is 2.00 bits per heavy atom. The lowest BCUT2D eigenvalue weighted by atomic mass is 10.3. The number of halogens is 2. The van der Waals surface area contributed by atoms with Crippen molar-refractivity contribution in [3.8, 4) is 0 Å². The van der Waals surface area contributed by atoms with Gasteiger partial charge in [-0.05, 0) is 32.9 Å². The summed E-state index contributed by atoms with van der Waals surface area (Å²) in [6.07, 6.45) is 0. The topological polar surface area (TPSA) is 66.9 Å². The second-order valence-corrected chi connectivity index (χ2v) is 8.37. The van der Waals surface area contributed by atoms with E-state index in [1.54, 1.807) is 25.1 Å². The lowest BCUT2D eigenvalue weighted by Gasteiger charge is -2.12. The van der Waals surface area contributed by atoms with Crippen LogP contribution >= 0.6 is 46.3 Å². The zero-order valence-corrected chi connectivity index (χ0v) is 15.9. The van der Waals surface area contributed by atoms with Gasteiger partial charge >= 0.3 is 0 Å². The van der Waals surface area contributed by atoms with Gasteiger partial charge in [0.1, 0.15) is 0 Å². The van der Waals surface area contributed by atoms with E-state index in [4.69, 9.17) is 23.2 Å². The highest BCUT2D eigenvalue weighted by atomic mass is 35.5. The molecule has 0 saturated carbocycles. The number of aromatic nitrogens is 2. The summed E-state index contributed by atoms with van der Waals surface area (Å²) in [5, 5.41) is 15.2. The van der Waals surface area contributed by atoms with Gasteiger partial charge < -0.3 is 10.6 Å². The van der Waals surface area contributed by atoms with Gasteiger partial charge in [-0.2, -0.15) is 0 Å². The number of benzene rings is 1. The fourth-order valence-electron chi connectivity index (χ4n) is 1.60. The fraction of sp³-hybridized carbons (Fsp3) is 0.357. The molecule has 0 aliphatic heterocycles. The molecule has 2 rings (SSSR count). The first-order valence-electron chi connectivity index (χ1n) is 6.88. The number of carbonyl (C=O) groups excluding carboxylic acids is 1. The van der Waals surface area contributed by atoms with Crippen LogP contribution in [0, 0.1) is 0 Å². The summed E-state index contributed by atoms with van der Waals surface area (Å²) in [4.78, 5) is 12.3. The number of carbonyl (C=O) groups is 1. The van der Waals surface area contributed by atoms with Crippen LogP contribution in [0.15, 0.2) is 22.5 Å². The minimum atomic E-state index is -0.343. The monoisotopic (exact) mass is 390 g/mol. The van der Waals surface area contributed by atoms with Crippen molar-refractivity contribution in [3.05, 3.63) is 28.2 Å². The van der Waals surface area contributed by atoms with Crippen molar-refractivity contribution in [1.82, 2.24) is 10.2 Å². The van der Waals surface area contributed by atoms with Gasteiger partial charge in [0.2, 0.25) is 11.0 Å². The highest BCUT2D eigenvalue weighted by molar-refractivity contribution is 8.02. The van der Waals surface area contributed by atoms with E-state index in [1.807, 2.05) is 13.8 Å². The minimum absolute atomic E-state index is 0.173. The minimum Gasteiger partial charge on any atom is -0.358 e. The Balaban J connectivity index is 1.97. The van der Waals surface area contributed by atoms with Crippen LogP contribution in [-0.4, -0.2) is 27.4 Å². The Morgan fingerprint density at radius 1 is 1.26 bits per heavy atom. The largest absolute Gasteiger partial charge is 0.358 e. The van der Waals surface area contributed by atoms with Crippen molar-refractivity contribution in [2.45, 2.75) is 36.4 Å². The molecule has 0 aliphatic carbocycles. The molecule has 23 heavy (non-hydrogen) atoms.